The van der Waals surface area contributed by atoms with Gasteiger partial charge in [0.15, 0.2) is 0 Å². The van der Waals surface area contributed by atoms with Crippen LogP contribution in [0.4, 0.5) is 0 Å². The first-order valence-corrected chi connectivity index (χ1v) is 10.3. The van der Waals surface area contributed by atoms with E-state index in [1.807, 2.05) is 30.3 Å². The van der Waals surface area contributed by atoms with Crippen molar-refractivity contribution >= 4 is 34.3 Å². The van der Waals surface area contributed by atoms with Crippen LogP contribution in [0.3, 0.4) is 0 Å². The molecule has 0 saturated carbocycles. The molecule has 0 radical (unpaired) electrons. The molecule has 7 nitrogen and oxygen atoms in total. The van der Waals surface area contributed by atoms with Gasteiger partial charge in [-0.25, -0.2) is 9.59 Å². The minimum atomic E-state index is -1.82. The molecule has 8 heteroatoms. The number of morpholine rings is 1. The number of rotatable bonds is 6. The van der Waals surface area contributed by atoms with Gasteiger partial charge in [-0.3, -0.25) is 4.90 Å². The van der Waals surface area contributed by atoms with Gasteiger partial charge >= 0.3 is 11.9 Å². The maximum atomic E-state index is 9.10. The maximum Gasteiger partial charge on any atom is 0.414 e. The van der Waals surface area contributed by atoms with Crippen molar-refractivity contribution < 1.29 is 29.3 Å². The standard InChI is InChI=1S/C20H26ClNO2.C2H2O4/c1-15-13-22(14-16(2)24-15)11-5-6-12-23-20-10-9-19(21)17-7-3-4-8-18(17)20;3-1(4)2(5)6/h3-4,7-10,15-16H,5-6,11-14H2,1-2H3;(H,3,4)(H,5,6). The molecule has 1 heterocycles. The van der Waals surface area contributed by atoms with Gasteiger partial charge in [-0.15, -0.1) is 0 Å². The highest BCUT2D eigenvalue weighted by Crippen LogP contribution is 2.31. The van der Waals surface area contributed by atoms with Gasteiger partial charge in [0.1, 0.15) is 5.75 Å². The lowest BCUT2D eigenvalue weighted by molar-refractivity contribution is -0.159. The summed E-state index contributed by atoms with van der Waals surface area (Å²) in [5.74, 6) is -2.73. The molecule has 2 atom stereocenters. The molecule has 1 aliphatic rings. The van der Waals surface area contributed by atoms with Crippen LogP contribution in [0.1, 0.15) is 26.7 Å². The van der Waals surface area contributed by atoms with Crippen LogP contribution in [0.15, 0.2) is 36.4 Å². The molecule has 2 aromatic carbocycles. The number of fused-ring (bicyclic) bond motifs is 1. The molecule has 0 aliphatic carbocycles. The highest BCUT2D eigenvalue weighted by molar-refractivity contribution is 6.35. The molecule has 0 aromatic heterocycles. The third kappa shape index (κ3) is 7.48. The van der Waals surface area contributed by atoms with Crippen molar-refractivity contribution in [2.45, 2.75) is 38.9 Å². The average Bonchev–Trinajstić information content (AvgIpc) is 2.69. The largest absolute Gasteiger partial charge is 0.493 e. The molecule has 2 N–H and O–H groups in total. The Hall–Kier alpha value is -2.35. The Morgan fingerprint density at radius 2 is 1.63 bits per heavy atom. The summed E-state index contributed by atoms with van der Waals surface area (Å²) < 4.78 is 11.8. The molecule has 1 saturated heterocycles. The number of benzene rings is 2. The molecule has 0 amide bonds. The summed E-state index contributed by atoms with van der Waals surface area (Å²) in [7, 11) is 0. The van der Waals surface area contributed by atoms with Crippen molar-refractivity contribution in [1.29, 1.82) is 0 Å². The van der Waals surface area contributed by atoms with E-state index in [1.165, 1.54) is 0 Å². The maximum absolute atomic E-state index is 9.10. The number of nitrogens with zero attached hydrogens (tertiary/aromatic N) is 1. The first-order valence-electron chi connectivity index (χ1n) is 9.92. The minimum absolute atomic E-state index is 0.338. The second-order valence-corrected chi connectivity index (χ2v) is 7.68. The zero-order chi connectivity index (χ0) is 22.1. The van der Waals surface area contributed by atoms with E-state index in [9.17, 15) is 0 Å². The molecule has 164 valence electrons. The van der Waals surface area contributed by atoms with E-state index < -0.39 is 11.9 Å². The molecule has 2 unspecified atom stereocenters. The first kappa shape index (κ1) is 23.9. The van der Waals surface area contributed by atoms with E-state index in [0.29, 0.717) is 12.2 Å². The van der Waals surface area contributed by atoms with Gasteiger partial charge in [-0.05, 0) is 45.4 Å². The Labute approximate surface area is 181 Å². The van der Waals surface area contributed by atoms with Crippen LogP contribution < -0.4 is 4.74 Å². The van der Waals surface area contributed by atoms with Crippen LogP contribution in [0, 0.1) is 0 Å². The number of carbonyl (C=O) groups is 2. The van der Waals surface area contributed by atoms with Gasteiger partial charge in [0.25, 0.3) is 0 Å². The van der Waals surface area contributed by atoms with Gasteiger partial charge in [0, 0.05) is 28.9 Å². The predicted molar refractivity (Wildman–Crippen MR) is 115 cm³/mol. The number of hydrogen-bond acceptors (Lipinski definition) is 5. The lowest BCUT2D eigenvalue weighted by Crippen LogP contribution is -2.45. The number of carboxylic acid groups (broad SMARTS) is 2. The lowest BCUT2D eigenvalue weighted by atomic mass is 10.1. The zero-order valence-electron chi connectivity index (χ0n) is 17.2. The summed E-state index contributed by atoms with van der Waals surface area (Å²) in [5.41, 5.74) is 0. The Morgan fingerprint density at radius 3 is 2.23 bits per heavy atom. The topological polar surface area (TPSA) is 96.3 Å². The summed E-state index contributed by atoms with van der Waals surface area (Å²) in [6, 6.07) is 12.0. The van der Waals surface area contributed by atoms with Crippen molar-refractivity contribution in [3.8, 4) is 5.75 Å². The summed E-state index contributed by atoms with van der Waals surface area (Å²) in [6.45, 7) is 8.22. The van der Waals surface area contributed by atoms with E-state index >= 15 is 0 Å². The van der Waals surface area contributed by atoms with Crippen molar-refractivity contribution in [3.05, 3.63) is 41.4 Å². The monoisotopic (exact) mass is 437 g/mol. The second-order valence-electron chi connectivity index (χ2n) is 7.27. The third-order valence-electron chi connectivity index (χ3n) is 4.64. The van der Waals surface area contributed by atoms with E-state index in [-0.39, 0.29) is 0 Å². The van der Waals surface area contributed by atoms with Gasteiger partial charge in [0.2, 0.25) is 0 Å². The fraction of sp³-hybridized carbons (Fsp3) is 0.455. The number of halogens is 1. The SMILES string of the molecule is CC1CN(CCCCOc2ccc(Cl)c3ccccc23)CC(C)O1.O=C(O)C(=O)O. The Balaban J connectivity index is 0.000000469. The number of hydrogen-bond donors (Lipinski definition) is 2. The molecule has 2 aromatic rings. The molecule has 1 aliphatic heterocycles. The molecule has 0 bridgehead atoms. The minimum Gasteiger partial charge on any atom is -0.493 e. The smallest absolute Gasteiger partial charge is 0.414 e. The van der Waals surface area contributed by atoms with Gasteiger partial charge in [-0.2, -0.15) is 0 Å². The normalized spacial score (nSPS) is 19.0. The fourth-order valence-electron chi connectivity index (χ4n) is 3.45. The van der Waals surface area contributed by atoms with E-state index in [0.717, 1.165) is 60.6 Å². The summed E-state index contributed by atoms with van der Waals surface area (Å²) in [6.07, 6.45) is 2.87. The van der Waals surface area contributed by atoms with Crippen LogP contribution in [0.25, 0.3) is 10.8 Å². The molecule has 0 spiro atoms. The predicted octanol–water partition coefficient (Wildman–Crippen LogP) is 3.92. The quantitative estimate of drug-likeness (QED) is 0.522. The van der Waals surface area contributed by atoms with Crippen molar-refractivity contribution in [2.75, 3.05) is 26.2 Å². The highest BCUT2D eigenvalue weighted by atomic mass is 35.5. The number of aliphatic carboxylic acids is 2. The summed E-state index contributed by atoms with van der Waals surface area (Å²) >= 11 is 6.25. The van der Waals surface area contributed by atoms with Crippen LogP contribution in [0.5, 0.6) is 5.75 Å². The van der Waals surface area contributed by atoms with Crippen molar-refractivity contribution in [3.63, 3.8) is 0 Å². The molecule has 3 rings (SSSR count). The Bertz CT molecular complexity index is 837. The Morgan fingerprint density at radius 1 is 1.03 bits per heavy atom. The van der Waals surface area contributed by atoms with Crippen molar-refractivity contribution in [1.82, 2.24) is 4.90 Å². The summed E-state index contributed by atoms with van der Waals surface area (Å²) in [5, 5.41) is 17.7. The van der Waals surface area contributed by atoms with Gasteiger partial charge in [0.05, 0.1) is 18.8 Å². The fourth-order valence-corrected chi connectivity index (χ4v) is 3.67. The van der Waals surface area contributed by atoms with E-state index in [2.05, 4.69) is 24.8 Å². The van der Waals surface area contributed by atoms with Gasteiger partial charge < -0.3 is 19.7 Å². The van der Waals surface area contributed by atoms with Crippen molar-refractivity contribution in [2.24, 2.45) is 0 Å². The third-order valence-corrected chi connectivity index (χ3v) is 4.96. The Kier molecular flexibility index (Phi) is 9.36. The molecular formula is C22H28ClNO6. The molecular weight excluding hydrogens is 410 g/mol. The van der Waals surface area contributed by atoms with Gasteiger partial charge in [-0.1, -0.05) is 35.9 Å². The number of carboxylic acids is 2. The average molecular weight is 438 g/mol. The first-order chi connectivity index (χ1) is 14.3. The van der Waals surface area contributed by atoms with Crippen LogP contribution in [0.2, 0.25) is 5.02 Å². The lowest BCUT2D eigenvalue weighted by Gasteiger charge is -2.35. The molecule has 1 fully saturated rings. The zero-order valence-corrected chi connectivity index (χ0v) is 18.0. The van der Waals surface area contributed by atoms with Crippen LogP contribution >= 0.6 is 11.6 Å². The second kappa shape index (κ2) is 11.7. The number of unbranched alkanes of at least 4 members (excludes halogenated alkanes) is 1. The van der Waals surface area contributed by atoms with E-state index in [1.54, 1.807) is 0 Å². The van der Waals surface area contributed by atoms with E-state index in [4.69, 9.17) is 40.9 Å². The summed E-state index contributed by atoms with van der Waals surface area (Å²) in [4.78, 5) is 20.7. The molecule has 30 heavy (non-hydrogen) atoms. The highest BCUT2D eigenvalue weighted by Gasteiger charge is 2.21. The number of ether oxygens (including phenoxy) is 2. The van der Waals surface area contributed by atoms with Crippen LogP contribution in [-0.2, 0) is 14.3 Å². The van der Waals surface area contributed by atoms with Crippen LogP contribution in [-0.4, -0.2) is 65.5 Å².